The number of ether oxygens (including phenoxy) is 1. The molecule has 0 amide bonds. The fourth-order valence-electron chi connectivity index (χ4n) is 1.69. The topological polar surface area (TPSA) is 52.0 Å². The molecule has 2 rings (SSSR count). The number of halogens is 1. The molecule has 1 heterocycles. The maximum absolute atomic E-state index is 5.76. The third-order valence-electron chi connectivity index (χ3n) is 2.94. The number of nitrogens with zero attached hydrogens (tertiary/aromatic N) is 3. The highest BCUT2D eigenvalue weighted by atomic mass is 79.9. The van der Waals surface area contributed by atoms with Gasteiger partial charge in [-0.25, -0.2) is 0 Å². The summed E-state index contributed by atoms with van der Waals surface area (Å²) in [6, 6.07) is 5.94. The first kappa shape index (κ1) is 14.0. The summed E-state index contributed by atoms with van der Waals surface area (Å²) < 4.78 is 8.75. The fraction of sp³-hybridized carbons (Fsp3) is 0.385. The predicted molar refractivity (Wildman–Crippen MR) is 77.0 cm³/mol. The van der Waals surface area contributed by atoms with Crippen molar-refractivity contribution < 1.29 is 4.74 Å². The van der Waals surface area contributed by atoms with Gasteiger partial charge in [-0.05, 0) is 37.7 Å². The molecule has 0 saturated carbocycles. The zero-order valence-corrected chi connectivity index (χ0v) is 12.9. The van der Waals surface area contributed by atoms with Crippen LogP contribution in [0.1, 0.15) is 17.2 Å². The first-order valence-electron chi connectivity index (χ1n) is 6.02. The lowest BCUT2D eigenvalue weighted by atomic mass is 10.2. The lowest BCUT2D eigenvalue weighted by Crippen LogP contribution is -2.07. The largest absolute Gasteiger partial charge is 0.486 e. The molecule has 0 aliphatic carbocycles. The molecule has 1 aromatic carbocycles. The van der Waals surface area contributed by atoms with E-state index in [1.54, 1.807) is 0 Å². The molecule has 6 heteroatoms. The second kappa shape index (κ2) is 6.16. The van der Waals surface area contributed by atoms with Crippen molar-refractivity contribution in [3.05, 3.63) is 39.9 Å². The molecule has 0 bridgehead atoms. The molecule has 0 radical (unpaired) electrons. The van der Waals surface area contributed by atoms with Gasteiger partial charge in [-0.1, -0.05) is 15.9 Å². The molecule has 0 aliphatic heterocycles. The van der Waals surface area contributed by atoms with Crippen molar-refractivity contribution in [3.8, 4) is 5.75 Å². The highest BCUT2D eigenvalue weighted by Crippen LogP contribution is 2.23. The molecule has 1 aromatic heterocycles. The Morgan fingerprint density at radius 1 is 1.37 bits per heavy atom. The van der Waals surface area contributed by atoms with Crippen LogP contribution in [0.15, 0.2) is 22.7 Å². The minimum atomic E-state index is 0.415. The van der Waals surface area contributed by atoms with Crippen LogP contribution in [0.3, 0.4) is 0 Å². The van der Waals surface area contributed by atoms with Crippen LogP contribution in [0.5, 0.6) is 5.75 Å². The molecule has 0 fully saturated rings. The summed E-state index contributed by atoms with van der Waals surface area (Å²) in [5.74, 6) is 2.52. The second-order valence-corrected chi connectivity index (χ2v) is 5.15. The van der Waals surface area contributed by atoms with Crippen molar-refractivity contribution in [1.82, 2.24) is 20.1 Å². The van der Waals surface area contributed by atoms with E-state index in [1.807, 2.05) is 43.8 Å². The molecule has 0 unspecified atom stereocenters. The van der Waals surface area contributed by atoms with E-state index in [9.17, 15) is 0 Å². The average molecular weight is 325 g/mol. The molecule has 0 aliphatic rings. The molecule has 0 atom stereocenters. The van der Waals surface area contributed by atoms with Crippen molar-refractivity contribution in [2.45, 2.75) is 20.1 Å². The molecular formula is C13H17BrN4O. The Balaban J connectivity index is 2.07. The maximum atomic E-state index is 5.76. The summed E-state index contributed by atoms with van der Waals surface area (Å²) in [7, 11) is 3.85. The van der Waals surface area contributed by atoms with Crippen molar-refractivity contribution in [2.24, 2.45) is 7.05 Å². The standard InChI is InChI=1S/C13H17BrN4O/c1-9-16-17-13(18(9)3)8-19-11-4-5-12(14)10(6-11)7-15-2/h4-6,15H,7-8H2,1-3H3. The lowest BCUT2D eigenvalue weighted by Gasteiger charge is -2.09. The number of aryl methyl sites for hydroxylation is 1. The van der Waals surface area contributed by atoms with Crippen molar-refractivity contribution in [2.75, 3.05) is 7.05 Å². The molecule has 1 N–H and O–H groups in total. The van der Waals surface area contributed by atoms with Crippen molar-refractivity contribution >= 4 is 15.9 Å². The Hall–Kier alpha value is -1.40. The maximum Gasteiger partial charge on any atom is 0.170 e. The van der Waals surface area contributed by atoms with E-state index in [2.05, 4.69) is 31.4 Å². The summed E-state index contributed by atoms with van der Waals surface area (Å²) in [6.07, 6.45) is 0. The molecule has 0 spiro atoms. The number of aromatic nitrogens is 3. The molecular weight excluding hydrogens is 308 g/mol. The Morgan fingerprint density at radius 3 is 2.79 bits per heavy atom. The van der Waals surface area contributed by atoms with Gasteiger partial charge in [0.25, 0.3) is 0 Å². The van der Waals surface area contributed by atoms with E-state index in [0.717, 1.165) is 34.0 Å². The van der Waals surface area contributed by atoms with Gasteiger partial charge in [-0.15, -0.1) is 10.2 Å². The van der Waals surface area contributed by atoms with Crippen LogP contribution in [-0.2, 0) is 20.2 Å². The Bertz CT molecular complexity index is 568. The molecule has 19 heavy (non-hydrogen) atoms. The van der Waals surface area contributed by atoms with Crippen LogP contribution in [0.2, 0.25) is 0 Å². The highest BCUT2D eigenvalue weighted by molar-refractivity contribution is 9.10. The average Bonchev–Trinajstić information content (AvgIpc) is 2.71. The minimum absolute atomic E-state index is 0.415. The summed E-state index contributed by atoms with van der Waals surface area (Å²) in [5.41, 5.74) is 1.16. The van der Waals surface area contributed by atoms with Crippen LogP contribution in [-0.4, -0.2) is 21.8 Å². The van der Waals surface area contributed by atoms with Gasteiger partial charge in [-0.2, -0.15) is 0 Å². The number of nitrogens with one attached hydrogen (secondary N) is 1. The number of hydrogen-bond acceptors (Lipinski definition) is 4. The Labute approximate surface area is 121 Å². The summed E-state index contributed by atoms with van der Waals surface area (Å²) >= 11 is 3.52. The van der Waals surface area contributed by atoms with E-state index >= 15 is 0 Å². The summed E-state index contributed by atoms with van der Waals surface area (Å²) in [6.45, 7) is 3.12. The van der Waals surface area contributed by atoms with Crippen LogP contribution in [0.4, 0.5) is 0 Å². The normalized spacial score (nSPS) is 10.7. The first-order valence-corrected chi connectivity index (χ1v) is 6.82. The number of hydrogen-bond donors (Lipinski definition) is 1. The molecule has 2 aromatic rings. The van der Waals surface area contributed by atoms with E-state index in [4.69, 9.17) is 4.74 Å². The van der Waals surface area contributed by atoms with Crippen LogP contribution < -0.4 is 10.1 Å². The zero-order chi connectivity index (χ0) is 13.8. The van der Waals surface area contributed by atoms with Crippen LogP contribution in [0, 0.1) is 6.92 Å². The third-order valence-corrected chi connectivity index (χ3v) is 3.71. The van der Waals surface area contributed by atoms with Gasteiger partial charge < -0.3 is 14.6 Å². The lowest BCUT2D eigenvalue weighted by molar-refractivity contribution is 0.290. The van der Waals surface area contributed by atoms with Crippen molar-refractivity contribution in [3.63, 3.8) is 0 Å². The van der Waals surface area contributed by atoms with Gasteiger partial charge in [0.15, 0.2) is 5.82 Å². The highest BCUT2D eigenvalue weighted by Gasteiger charge is 2.07. The van der Waals surface area contributed by atoms with E-state index in [0.29, 0.717) is 6.61 Å². The molecule has 102 valence electrons. The van der Waals surface area contributed by atoms with Crippen LogP contribution >= 0.6 is 15.9 Å². The fourth-order valence-corrected chi connectivity index (χ4v) is 2.08. The van der Waals surface area contributed by atoms with Gasteiger partial charge in [0.2, 0.25) is 0 Å². The van der Waals surface area contributed by atoms with Gasteiger partial charge in [0, 0.05) is 18.1 Å². The Kier molecular flexibility index (Phi) is 4.55. The zero-order valence-electron chi connectivity index (χ0n) is 11.3. The Morgan fingerprint density at radius 2 is 2.16 bits per heavy atom. The van der Waals surface area contributed by atoms with E-state index in [1.165, 1.54) is 0 Å². The second-order valence-electron chi connectivity index (χ2n) is 4.29. The monoisotopic (exact) mass is 324 g/mol. The van der Waals surface area contributed by atoms with Crippen LogP contribution in [0.25, 0.3) is 0 Å². The smallest absolute Gasteiger partial charge is 0.170 e. The van der Waals surface area contributed by atoms with E-state index in [-0.39, 0.29) is 0 Å². The number of rotatable bonds is 5. The predicted octanol–water partition coefficient (Wildman–Crippen LogP) is 2.18. The van der Waals surface area contributed by atoms with Gasteiger partial charge in [0.1, 0.15) is 18.2 Å². The van der Waals surface area contributed by atoms with E-state index < -0.39 is 0 Å². The molecule has 5 nitrogen and oxygen atoms in total. The quantitative estimate of drug-likeness (QED) is 0.916. The SMILES string of the molecule is CNCc1cc(OCc2nnc(C)n2C)ccc1Br. The van der Waals surface area contributed by atoms with Gasteiger partial charge in [0.05, 0.1) is 0 Å². The minimum Gasteiger partial charge on any atom is -0.486 e. The summed E-state index contributed by atoms with van der Waals surface area (Å²) in [4.78, 5) is 0. The van der Waals surface area contributed by atoms with Crippen molar-refractivity contribution in [1.29, 1.82) is 0 Å². The third kappa shape index (κ3) is 3.33. The van der Waals surface area contributed by atoms with Gasteiger partial charge in [-0.3, -0.25) is 0 Å². The summed E-state index contributed by atoms with van der Waals surface area (Å²) in [5, 5.41) is 11.2. The first-order chi connectivity index (χ1) is 9.11. The number of benzene rings is 1. The molecule has 0 saturated heterocycles. The van der Waals surface area contributed by atoms with Gasteiger partial charge >= 0.3 is 0 Å².